The van der Waals surface area contributed by atoms with Crippen molar-refractivity contribution in [3.05, 3.63) is 0 Å². The zero-order valence-corrected chi connectivity index (χ0v) is 7.56. The van der Waals surface area contributed by atoms with Gasteiger partial charge in [0, 0.05) is 18.6 Å². The van der Waals surface area contributed by atoms with Crippen LogP contribution in [0.2, 0.25) is 0 Å². The number of fused-ring (bicyclic) bond motifs is 1. The lowest BCUT2D eigenvalue weighted by molar-refractivity contribution is 0.303. The van der Waals surface area contributed by atoms with Crippen LogP contribution in [-0.2, 0) is 0 Å². The van der Waals surface area contributed by atoms with E-state index in [0.717, 1.165) is 12.5 Å². The normalized spacial score (nSPS) is 42.5. The van der Waals surface area contributed by atoms with Gasteiger partial charge in [-0.15, -0.1) is 0 Å². The van der Waals surface area contributed by atoms with E-state index in [1.54, 1.807) is 0 Å². The number of likely N-dealkylation sites (N-methyl/N-ethyl adjacent to an activating group) is 2. The van der Waals surface area contributed by atoms with Crippen molar-refractivity contribution in [1.29, 1.82) is 0 Å². The third-order valence-electron chi connectivity index (χ3n) is 3.19. The molecule has 0 aromatic carbocycles. The second-order valence-electron chi connectivity index (χ2n) is 3.92. The van der Waals surface area contributed by atoms with Gasteiger partial charge in [0.1, 0.15) is 0 Å². The number of hydrogen-bond acceptors (Lipinski definition) is 2. The van der Waals surface area contributed by atoms with Crippen molar-refractivity contribution in [3.63, 3.8) is 0 Å². The number of rotatable bonds is 3. The number of piperidine rings is 1. The van der Waals surface area contributed by atoms with Gasteiger partial charge in [0.15, 0.2) is 0 Å². The molecule has 0 amide bonds. The Morgan fingerprint density at radius 2 is 2.36 bits per heavy atom. The Bertz CT molecular complexity index is 158. The summed E-state index contributed by atoms with van der Waals surface area (Å²) in [4.78, 5) is 2.55. The van der Waals surface area contributed by atoms with Gasteiger partial charge in [-0.25, -0.2) is 0 Å². The summed E-state index contributed by atoms with van der Waals surface area (Å²) in [6, 6.07) is 0. The molecule has 2 heteroatoms. The second-order valence-corrected chi connectivity index (χ2v) is 3.92. The predicted molar refractivity (Wildman–Crippen MR) is 46.6 cm³/mol. The van der Waals surface area contributed by atoms with E-state index in [9.17, 15) is 0 Å². The summed E-state index contributed by atoms with van der Waals surface area (Å²) in [5, 5.41) is 3.62. The molecule has 2 fully saturated rings. The van der Waals surface area contributed by atoms with Gasteiger partial charge in [0.2, 0.25) is 0 Å². The third kappa shape index (κ3) is 1.09. The van der Waals surface area contributed by atoms with Crippen LogP contribution in [0.4, 0.5) is 0 Å². The van der Waals surface area contributed by atoms with E-state index < -0.39 is 0 Å². The molecule has 1 aliphatic heterocycles. The van der Waals surface area contributed by atoms with Gasteiger partial charge in [0.25, 0.3) is 0 Å². The Hall–Kier alpha value is -0.0800. The van der Waals surface area contributed by atoms with Crippen LogP contribution in [0.25, 0.3) is 0 Å². The maximum absolute atomic E-state index is 3.62. The molecule has 11 heavy (non-hydrogen) atoms. The van der Waals surface area contributed by atoms with Crippen molar-refractivity contribution in [2.45, 2.75) is 25.8 Å². The van der Waals surface area contributed by atoms with E-state index >= 15 is 0 Å². The fourth-order valence-corrected chi connectivity index (χ4v) is 2.45. The summed E-state index contributed by atoms with van der Waals surface area (Å²) in [7, 11) is 0. The van der Waals surface area contributed by atoms with Crippen molar-refractivity contribution in [2.24, 2.45) is 5.92 Å². The van der Waals surface area contributed by atoms with Gasteiger partial charge >= 0.3 is 0 Å². The molecule has 2 unspecified atom stereocenters. The first-order chi connectivity index (χ1) is 5.30. The lowest BCUT2D eigenvalue weighted by atomic mass is 10.2. The fourth-order valence-electron chi connectivity index (χ4n) is 2.45. The minimum Gasteiger partial charge on any atom is -0.310 e. The zero-order chi connectivity index (χ0) is 7.90. The summed E-state index contributed by atoms with van der Waals surface area (Å²) in [6.07, 6.45) is 1.43. The average molecular weight is 154 g/mol. The van der Waals surface area contributed by atoms with Crippen LogP contribution < -0.4 is 5.32 Å². The van der Waals surface area contributed by atoms with Crippen molar-refractivity contribution in [1.82, 2.24) is 10.2 Å². The van der Waals surface area contributed by atoms with E-state index in [1.807, 2.05) is 0 Å². The standard InChI is InChI=1S/C9H18N2/c1-3-10-9-5-8(9)6-11(4-2)7-9/h8,10H,3-7H2,1-2H3. The zero-order valence-electron chi connectivity index (χ0n) is 7.56. The van der Waals surface area contributed by atoms with Gasteiger partial charge in [-0.1, -0.05) is 13.8 Å². The molecule has 64 valence electrons. The van der Waals surface area contributed by atoms with Gasteiger partial charge in [0.05, 0.1) is 0 Å². The summed E-state index contributed by atoms with van der Waals surface area (Å²) in [5.74, 6) is 0.974. The molecule has 1 saturated heterocycles. The lowest BCUT2D eigenvalue weighted by Crippen LogP contribution is -2.38. The Morgan fingerprint density at radius 1 is 1.55 bits per heavy atom. The van der Waals surface area contributed by atoms with E-state index in [-0.39, 0.29) is 0 Å². The molecule has 0 aromatic rings. The molecule has 0 aromatic heterocycles. The fraction of sp³-hybridized carbons (Fsp3) is 1.00. The largest absolute Gasteiger partial charge is 0.310 e. The van der Waals surface area contributed by atoms with E-state index in [2.05, 4.69) is 24.1 Å². The maximum Gasteiger partial charge on any atom is 0.0353 e. The number of hydrogen-bond donors (Lipinski definition) is 1. The van der Waals surface area contributed by atoms with Gasteiger partial charge in [-0.2, -0.15) is 0 Å². The van der Waals surface area contributed by atoms with Crippen LogP contribution in [0.3, 0.4) is 0 Å². The lowest BCUT2D eigenvalue weighted by Gasteiger charge is -2.18. The highest BCUT2D eigenvalue weighted by Crippen LogP contribution is 2.49. The van der Waals surface area contributed by atoms with E-state index in [4.69, 9.17) is 0 Å². The van der Waals surface area contributed by atoms with E-state index in [1.165, 1.54) is 26.1 Å². The molecule has 2 atom stereocenters. The van der Waals surface area contributed by atoms with Gasteiger partial charge < -0.3 is 10.2 Å². The minimum absolute atomic E-state index is 0.560. The van der Waals surface area contributed by atoms with Crippen molar-refractivity contribution >= 4 is 0 Å². The Morgan fingerprint density at radius 3 is 2.91 bits per heavy atom. The van der Waals surface area contributed by atoms with Crippen LogP contribution in [0.5, 0.6) is 0 Å². The number of likely N-dealkylation sites (tertiary alicyclic amines) is 1. The van der Waals surface area contributed by atoms with Crippen molar-refractivity contribution in [2.75, 3.05) is 26.2 Å². The molecule has 0 bridgehead atoms. The molecule has 1 saturated carbocycles. The average Bonchev–Trinajstić information content (AvgIpc) is 2.54. The number of nitrogens with one attached hydrogen (secondary N) is 1. The molecule has 1 aliphatic carbocycles. The Balaban J connectivity index is 1.91. The quantitative estimate of drug-likeness (QED) is 0.643. The highest BCUT2D eigenvalue weighted by atomic mass is 15.3. The Labute approximate surface area is 69.0 Å². The highest BCUT2D eigenvalue weighted by Gasteiger charge is 2.58. The monoisotopic (exact) mass is 154 g/mol. The molecule has 1 heterocycles. The summed E-state index contributed by atoms with van der Waals surface area (Å²) < 4.78 is 0. The minimum atomic E-state index is 0.560. The van der Waals surface area contributed by atoms with Crippen LogP contribution in [-0.4, -0.2) is 36.6 Å². The van der Waals surface area contributed by atoms with Crippen LogP contribution in [0, 0.1) is 5.92 Å². The molecule has 0 spiro atoms. The molecule has 0 radical (unpaired) electrons. The summed E-state index contributed by atoms with van der Waals surface area (Å²) in [5.41, 5.74) is 0.560. The summed E-state index contributed by atoms with van der Waals surface area (Å²) in [6.45, 7) is 9.45. The van der Waals surface area contributed by atoms with Crippen LogP contribution >= 0.6 is 0 Å². The van der Waals surface area contributed by atoms with Crippen molar-refractivity contribution < 1.29 is 0 Å². The first-order valence-corrected chi connectivity index (χ1v) is 4.78. The molecule has 1 N–H and O–H groups in total. The molecule has 2 nitrogen and oxygen atoms in total. The summed E-state index contributed by atoms with van der Waals surface area (Å²) >= 11 is 0. The van der Waals surface area contributed by atoms with Crippen molar-refractivity contribution in [3.8, 4) is 0 Å². The predicted octanol–water partition coefficient (Wildman–Crippen LogP) is 0.690. The SMILES string of the molecule is CCNC12CC1CN(CC)C2. The van der Waals surface area contributed by atoms with Crippen LogP contribution in [0.1, 0.15) is 20.3 Å². The second kappa shape index (κ2) is 2.46. The first kappa shape index (κ1) is 7.56. The molecular weight excluding hydrogens is 136 g/mol. The van der Waals surface area contributed by atoms with Gasteiger partial charge in [-0.05, 0) is 25.4 Å². The highest BCUT2D eigenvalue weighted by molar-refractivity contribution is 5.17. The van der Waals surface area contributed by atoms with Gasteiger partial charge in [-0.3, -0.25) is 0 Å². The topological polar surface area (TPSA) is 15.3 Å². The molecular formula is C9H18N2. The first-order valence-electron chi connectivity index (χ1n) is 4.78. The number of nitrogens with zero attached hydrogens (tertiary/aromatic N) is 1. The maximum atomic E-state index is 3.62. The van der Waals surface area contributed by atoms with Crippen LogP contribution in [0.15, 0.2) is 0 Å². The Kier molecular flexibility index (Phi) is 1.69. The third-order valence-corrected chi connectivity index (χ3v) is 3.19. The smallest absolute Gasteiger partial charge is 0.0353 e. The van der Waals surface area contributed by atoms with E-state index in [0.29, 0.717) is 5.54 Å². The molecule has 2 rings (SSSR count). The molecule has 2 aliphatic rings.